The molecule has 154 valence electrons. The lowest BCUT2D eigenvalue weighted by molar-refractivity contribution is 0.0557. The Morgan fingerprint density at radius 1 is 1.23 bits per heavy atom. The lowest BCUT2D eigenvalue weighted by Crippen LogP contribution is -2.50. The molecular weight excluding hydrogens is 398 g/mol. The molecule has 2 heterocycles. The second kappa shape index (κ2) is 8.01. The minimum Gasteiger partial charge on any atom is -0.501 e. The SMILES string of the molecule is CC(C)N1CC(C(c2ccccc2)C2C=C=CC=C2)n2c(S)nc(=O)c(O)c2C1=O. The number of thiol groups is 1. The Labute approximate surface area is 180 Å². The lowest BCUT2D eigenvalue weighted by Gasteiger charge is -2.43. The van der Waals surface area contributed by atoms with Crippen LogP contribution in [0.3, 0.4) is 0 Å². The average Bonchev–Trinajstić information content (AvgIpc) is 2.74. The van der Waals surface area contributed by atoms with Crippen LogP contribution in [0.2, 0.25) is 0 Å². The molecule has 2 aromatic rings. The van der Waals surface area contributed by atoms with Crippen molar-refractivity contribution in [2.24, 2.45) is 5.92 Å². The molecule has 1 aliphatic carbocycles. The number of rotatable bonds is 4. The van der Waals surface area contributed by atoms with Crippen LogP contribution < -0.4 is 5.56 Å². The van der Waals surface area contributed by atoms with Gasteiger partial charge in [0.1, 0.15) is 0 Å². The van der Waals surface area contributed by atoms with Gasteiger partial charge in [0.15, 0.2) is 10.9 Å². The maximum Gasteiger partial charge on any atom is 0.316 e. The first kappa shape index (κ1) is 20.3. The molecule has 4 rings (SSSR count). The van der Waals surface area contributed by atoms with Crippen LogP contribution in [-0.2, 0) is 0 Å². The summed E-state index contributed by atoms with van der Waals surface area (Å²) in [6.45, 7) is 4.25. The second-order valence-electron chi connectivity index (χ2n) is 7.80. The van der Waals surface area contributed by atoms with Gasteiger partial charge in [-0.1, -0.05) is 42.5 Å². The molecule has 0 saturated carbocycles. The normalized spacial score (nSPS) is 21.2. The first-order valence-corrected chi connectivity index (χ1v) is 10.3. The van der Waals surface area contributed by atoms with E-state index in [9.17, 15) is 14.7 Å². The van der Waals surface area contributed by atoms with Crippen molar-refractivity contribution in [1.82, 2.24) is 14.5 Å². The van der Waals surface area contributed by atoms with Crippen molar-refractivity contribution < 1.29 is 9.90 Å². The van der Waals surface area contributed by atoms with E-state index < -0.39 is 17.2 Å². The summed E-state index contributed by atoms with van der Waals surface area (Å²) in [6, 6.07) is 9.62. The predicted octanol–water partition coefficient (Wildman–Crippen LogP) is 3.32. The van der Waals surface area contributed by atoms with E-state index in [1.54, 1.807) is 9.47 Å². The Kier molecular flexibility index (Phi) is 5.41. The van der Waals surface area contributed by atoms with Gasteiger partial charge in [0, 0.05) is 24.4 Å². The first-order valence-electron chi connectivity index (χ1n) is 9.90. The molecule has 0 spiro atoms. The number of allylic oxidation sites excluding steroid dienone is 3. The maximum absolute atomic E-state index is 13.2. The van der Waals surface area contributed by atoms with Crippen molar-refractivity contribution in [2.75, 3.05) is 6.54 Å². The second-order valence-corrected chi connectivity index (χ2v) is 8.20. The molecule has 1 aliphatic heterocycles. The van der Waals surface area contributed by atoms with Crippen LogP contribution in [0.4, 0.5) is 0 Å². The number of fused-ring (bicyclic) bond motifs is 1. The highest BCUT2D eigenvalue weighted by atomic mass is 32.1. The van der Waals surface area contributed by atoms with Gasteiger partial charge in [0.2, 0.25) is 5.75 Å². The van der Waals surface area contributed by atoms with Gasteiger partial charge in [-0.05, 0) is 31.6 Å². The zero-order valence-corrected chi connectivity index (χ0v) is 17.7. The van der Waals surface area contributed by atoms with Crippen molar-refractivity contribution in [1.29, 1.82) is 0 Å². The number of nitrogens with zero attached hydrogens (tertiary/aromatic N) is 3. The highest BCUT2D eigenvalue weighted by molar-refractivity contribution is 7.80. The Bertz CT molecular complexity index is 1130. The lowest BCUT2D eigenvalue weighted by atomic mass is 9.78. The number of carbonyl (C=O) groups is 1. The minimum atomic E-state index is -0.847. The van der Waals surface area contributed by atoms with Crippen LogP contribution in [0.15, 0.2) is 70.3 Å². The van der Waals surface area contributed by atoms with Gasteiger partial charge in [-0.25, -0.2) is 0 Å². The highest BCUT2D eigenvalue weighted by Gasteiger charge is 2.42. The predicted molar refractivity (Wildman–Crippen MR) is 117 cm³/mol. The van der Waals surface area contributed by atoms with E-state index in [1.807, 2.05) is 50.3 Å². The maximum atomic E-state index is 13.2. The van der Waals surface area contributed by atoms with Gasteiger partial charge in [-0.3, -0.25) is 9.59 Å². The minimum absolute atomic E-state index is 0.00627. The third kappa shape index (κ3) is 3.40. The van der Waals surface area contributed by atoms with Gasteiger partial charge in [-0.15, -0.1) is 18.4 Å². The molecule has 1 N–H and O–H groups in total. The molecule has 30 heavy (non-hydrogen) atoms. The number of amides is 1. The molecular formula is C23H23N3O3S. The van der Waals surface area contributed by atoms with Gasteiger partial charge < -0.3 is 14.6 Å². The Morgan fingerprint density at radius 3 is 2.60 bits per heavy atom. The van der Waals surface area contributed by atoms with E-state index >= 15 is 0 Å². The number of carbonyl (C=O) groups excluding carboxylic acids is 1. The van der Waals surface area contributed by atoms with E-state index in [0.717, 1.165) is 5.56 Å². The third-order valence-electron chi connectivity index (χ3n) is 5.72. The van der Waals surface area contributed by atoms with Gasteiger partial charge in [0.25, 0.3) is 5.91 Å². The standard InChI is InChI=1S/C23H23N3O3S/c1-14(2)25-13-17(26-19(22(25)29)20(27)21(28)24-23(26)30)18(15-9-5-3-6-10-15)16-11-7-4-8-12-16/h3-7,9-12,14,16-18,27H,13H2,1-2H3,(H,24,28,30). The van der Waals surface area contributed by atoms with E-state index in [0.29, 0.717) is 6.54 Å². The Morgan fingerprint density at radius 2 is 1.97 bits per heavy atom. The molecule has 7 heteroatoms. The highest BCUT2D eigenvalue weighted by Crippen LogP contribution is 2.42. The molecule has 3 unspecified atom stereocenters. The Hall–Kier alpha value is -3.02. The van der Waals surface area contributed by atoms with E-state index in [1.165, 1.54) is 0 Å². The topological polar surface area (TPSA) is 75.4 Å². The van der Waals surface area contributed by atoms with Crippen molar-refractivity contribution in [3.05, 3.63) is 82.0 Å². The van der Waals surface area contributed by atoms with Crippen LogP contribution in [0.25, 0.3) is 0 Å². The molecule has 0 saturated heterocycles. The van der Waals surface area contributed by atoms with Gasteiger partial charge >= 0.3 is 5.56 Å². The first-order chi connectivity index (χ1) is 14.4. The summed E-state index contributed by atoms with van der Waals surface area (Å²) in [5.41, 5.74) is 3.34. The molecule has 6 nitrogen and oxygen atoms in total. The summed E-state index contributed by atoms with van der Waals surface area (Å²) >= 11 is 4.42. The summed E-state index contributed by atoms with van der Waals surface area (Å²) in [4.78, 5) is 30.9. The fourth-order valence-electron chi connectivity index (χ4n) is 4.31. The number of benzene rings is 1. The third-order valence-corrected chi connectivity index (χ3v) is 6.03. The molecule has 1 aromatic heterocycles. The van der Waals surface area contributed by atoms with Crippen molar-refractivity contribution in [3.8, 4) is 5.75 Å². The Balaban J connectivity index is 1.97. The molecule has 0 fully saturated rings. The fourth-order valence-corrected chi connectivity index (χ4v) is 4.65. The quantitative estimate of drug-likeness (QED) is 0.451. The van der Waals surface area contributed by atoms with Crippen molar-refractivity contribution in [2.45, 2.75) is 37.0 Å². The largest absolute Gasteiger partial charge is 0.501 e. The van der Waals surface area contributed by atoms with Crippen LogP contribution in [0, 0.1) is 5.92 Å². The average molecular weight is 422 g/mol. The molecule has 3 atom stereocenters. The summed E-state index contributed by atoms with van der Waals surface area (Å²) in [5, 5.41) is 10.6. The van der Waals surface area contributed by atoms with E-state index in [4.69, 9.17) is 0 Å². The summed E-state index contributed by atoms with van der Waals surface area (Å²) in [6.07, 6.45) is 7.91. The number of aromatic hydroxyl groups is 1. The smallest absolute Gasteiger partial charge is 0.316 e. The molecule has 2 aliphatic rings. The van der Waals surface area contributed by atoms with Gasteiger partial charge in [0.05, 0.1) is 6.04 Å². The molecule has 0 radical (unpaired) electrons. The number of hydrogen-bond donors (Lipinski definition) is 2. The van der Waals surface area contributed by atoms with Crippen LogP contribution in [-0.4, -0.2) is 38.1 Å². The van der Waals surface area contributed by atoms with Crippen LogP contribution in [0.1, 0.15) is 41.9 Å². The van der Waals surface area contributed by atoms with Crippen LogP contribution >= 0.6 is 12.6 Å². The van der Waals surface area contributed by atoms with Crippen molar-refractivity contribution >= 4 is 18.5 Å². The summed E-state index contributed by atoms with van der Waals surface area (Å²) < 4.78 is 1.62. The van der Waals surface area contributed by atoms with Crippen molar-refractivity contribution in [3.63, 3.8) is 0 Å². The van der Waals surface area contributed by atoms with Gasteiger partial charge in [-0.2, -0.15) is 4.98 Å². The summed E-state index contributed by atoms with van der Waals surface area (Å²) in [7, 11) is 0. The molecule has 0 bridgehead atoms. The van der Waals surface area contributed by atoms with Crippen LogP contribution in [0.5, 0.6) is 5.75 Å². The summed E-state index contributed by atoms with van der Waals surface area (Å²) in [5.74, 6) is -1.11. The van der Waals surface area contributed by atoms with E-state index in [2.05, 4.69) is 41.6 Å². The van der Waals surface area contributed by atoms with E-state index in [-0.39, 0.29) is 34.8 Å². The zero-order valence-electron chi connectivity index (χ0n) is 16.8. The fraction of sp³-hybridized carbons (Fsp3) is 0.304. The zero-order chi connectivity index (χ0) is 21.4. The number of aromatic nitrogens is 2. The monoisotopic (exact) mass is 421 g/mol. The molecule has 1 amide bonds. The molecule has 1 aromatic carbocycles. The number of hydrogen-bond acceptors (Lipinski definition) is 5.